The molecule has 0 aliphatic heterocycles. The zero-order chi connectivity index (χ0) is 14.3. The van der Waals surface area contributed by atoms with Crippen molar-refractivity contribution in [3.05, 3.63) is 59.7 Å². The summed E-state index contributed by atoms with van der Waals surface area (Å²) < 4.78 is 15.5. The van der Waals surface area contributed by atoms with E-state index in [2.05, 4.69) is 4.98 Å². The summed E-state index contributed by atoms with van der Waals surface area (Å²) in [5.74, 6) is 0.443. The normalized spacial score (nSPS) is 12.8. The van der Waals surface area contributed by atoms with E-state index in [1.54, 1.807) is 6.07 Å². The number of alkyl halides is 1. The topological polar surface area (TPSA) is 17.8 Å². The molecule has 20 heavy (non-hydrogen) atoms. The van der Waals surface area contributed by atoms with Crippen LogP contribution in [-0.2, 0) is 0 Å². The number of nitrogens with zero attached hydrogens (tertiary/aromatic N) is 2. The molecular weight excluding hydrogens is 275 g/mol. The van der Waals surface area contributed by atoms with E-state index in [0.717, 1.165) is 28.1 Å². The first-order valence-electron chi connectivity index (χ1n) is 6.45. The van der Waals surface area contributed by atoms with Gasteiger partial charge in [0.25, 0.3) is 0 Å². The van der Waals surface area contributed by atoms with E-state index in [-0.39, 0.29) is 11.2 Å². The molecule has 1 unspecified atom stereocenters. The van der Waals surface area contributed by atoms with Crippen LogP contribution in [0.25, 0.3) is 16.7 Å². The third kappa shape index (κ3) is 2.18. The Hall–Kier alpha value is -1.87. The Labute approximate surface area is 121 Å². The van der Waals surface area contributed by atoms with Crippen LogP contribution in [0.2, 0.25) is 0 Å². The van der Waals surface area contributed by atoms with Crippen molar-refractivity contribution in [3.63, 3.8) is 0 Å². The monoisotopic (exact) mass is 288 g/mol. The van der Waals surface area contributed by atoms with E-state index < -0.39 is 0 Å². The Morgan fingerprint density at radius 2 is 2.00 bits per heavy atom. The third-order valence-corrected chi connectivity index (χ3v) is 3.45. The van der Waals surface area contributed by atoms with Gasteiger partial charge in [0.2, 0.25) is 0 Å². The van der Waals surface area contributed by atoms with Gasteiger partial charge in [-0.3, -0.25) is 4.57 Å². The predicted molar refractivity (Wildman–Crippen MR) is 80.0 cm³/mol. The highest BCUT2D eigenvalue weighted by molar-refractivity contribution is 6.20. The summed E-state index contributed by atoms with van der Waals surface area (Å²) >= 11 is 6.23. The van der Waals surface area contributed by atoms with Crippen LogP contribution in [0.1, 0.15) is 23.7 Å². The number of imidazole rings is 1. The van der Waals surface area contributed by atoms with Gasteiger partial charge in [-0.2, -0.15) is 0 Å². The first-order chi connectivity index (χ1) is 9.56. The van der Waals surface area contributed by atoms with Gasteiger partial charge in [0.15, 0.2) is 0 Å². The molecule has 3 aromatic rings. The highest BCUT2D eigenvalue weighted by Crippen LogP contribution is 2.28. The molecule has 4 heteroatoms. The van der Waals surface area contributed by atoms with Gasteiger partial charge in [0, 0.05) is 11.8 Å². The third-order valence-electron chi connectivity index (χ3n) is 3.26. The van der Waals surface area contributed by atoms with Gasteiger partial charge >= 0.3 is 0 Å². The van der Waals surface area contributed by atoms with Crippen LogP contribution in [0.5, 0.6) is 0 Å². The molecule has 0 amide bonds. The quantitative estimate of drug-likeness (QED) is 0.621. The smallest absolute Gasteiger partial charge is 0.132 e. The van der Waals surface area contributed by atoms with Crippen LogP contribution in [-0.4, -0.2) is 9.55 Å². The number of benzene rings is 2. The minimum atomic E-state index is -0.278. The fourth-order valence-corrected chi connectivity index (χ4v) is 2.52. The highest BCUT2D eigenvalue weighted by Gasteiger charge is 2.16. The number of rotatable bonds is 2. The first-order valence-corrected chi connectivity index (χ1v) is 6.89. The number of aromatic nitrogens is 2. The number of hydrogen-bond acceptors (Lipinski definition) is 1. The molecule has 0 aliphatic rings. The van der Waals surface area contributed by atoms with Crippen molar-refractivity contribution in [2.24, 2.45) is 0 Å². The average Bonchev–Trinajstić information content (AvgIpc) is 2.77. The lowest BCUT2D eigenvalue weighted by Gasteiger charge is -2.11. The number of halogens is 2. The molecule has 2 nitrogen and oxygen atoms in total. The van der Waals surface area contributed by atoms with Crippen LogP contribution in [0.15, 0.2) is 42.5 Å². The minimum Gasteiger partial charge on any atom is -0.295 e. The van der Waals surface area contributed by atoms with Crippen molar-refractivity contribution >= 4 is 22.6 Å². The maximum absolute atomic E-state index is 13.5. The Morgan fingerprint density at radius 3 is 2.70 bits per heavy atom. The Bertz CT molecular complexity index is 777. The van der Waals surface area contributed by atoms with E-state index in [0.29, 0.717) is 0 Å². The van der Waals surface area contributed by atoms with Gasteiger partial charge in [-0.25, -0.2) is 9.37 Å². The zero-order valence-electron chi connectivity index (χ0n) is 11.3. The Balaban J connectivity index is 2.36. The standard InChI is InChI=1S/C16H14ClFN2/c1-10-4-3-5-13(8-10)20-15-9-12(18)6-7-14(15)19-16(20)11(2)17/h3-9,11H,1-2H3. The lowest BCUT2D eigenvalue weighted by atomic mass is 10.2. The van der Waals surface area contributed by atoms with Crippen LogP contribution < -0.4 is 0 Å². The SMILES string of the molecule is Cc1cccc(-n2c(C(C)Cl)nc3ccc(F)cc32)c1. The second kappa shape index (κ2) is 4.91. The van der Waals surface area contributed by atoms with Crippen LogP contribution in [0, 0.1) is 12.7 Å². The molecule has 3 rings (SSSR count). The molecule has 1 aromatic heterocycles. The van der Waals surface area contributed by atoms with Crippen LogP contribution in [0.3, 0.4) is 0 Å². The summed E-state index contributed by atoms with van der Waals surface area (Å²) in [6.45, 7) is 3.89. The van der Waals surface area contributed by atoms with Crippen molar-refractivity contribution in [1.29, 1.82) is 0 Å². The maximum atomic E-state index is 13.5. The van der Waals surface area contributed by atoms with Gasteiger partial charge in [-0.1, -0.05) is 12.1 Å². The first kappa shape index (κ1) is 13.1. The van der Waals surface area contributed by atoms with E-state index in [1.807, 2.05) is 42.7 Å². The summed E-state index contributed by atoms with van der Waals surface area (Å²) in [7, 11) is 0. The molecule has 1 atom stereocenters. The molecular formula is C16H14ClFN2. The second-order valence-electron chi connectivity index (χ2n) is 4.89. The molecule has 2 aromatic carbocycles. The molecule has 0 N–H and O–H groups in total. The van der Waals surface area contributed by atoms with E-state index in [4.69, 9.17) is 11.6 Å². The van der Waals surface area contributed by atoms with Crippen molar-refractivity contribution in [2.75, 3.05) is 0 Å². The summed E-state index contributed by atoms with van der Waals surface area (Å²) in [5, 5.41) is -0.258. The molecule has 0 radical (unpaired) electrons. The summed E-state index contributed by atoms with van der Waals surface area (Å²) in [4.78, 5) is 4.52. The summed E-state index contributed by atoms with van der Waals surface area (Å²) in [6, 6.07) is 12.6. The molecule has 0 spiro atoms. The molecule has 0 saturated heterocycles. The molecule has 102 valence electrons. The van der Waals surface area contributed by atoms with Crippen LogP contribution >= 0.6 is 11.6 Å². The fourth-order valence-electron chi connectivity index (χ4n) is 2.37. The van der Waals surface area contributed by atoms with Crippen molar-refractivity contribution in [3.8, 4) is 5.69 Å². The van der Waals surface area contributed by atoms with Crippen LogP contribution in [0.4, 0.5) is 4.39 Å². The average molecular weight is 289 g/mol. The molecule has 0 fully saturated rings. The van der Waals surface area contributed by atoms with E-state index in [9.17, 15) is 4.39 Å². The van der Waals surface area contributed by atoms with E-state index >= 15 is 0 Å². The van der Waals surface area contributed by atoms with Gasteiger partial charge in [-0.15, -0.1) is 11.6 Å². The molecule has 0 bridgehead atoms. The zero-order valence-corrected chi connectivity index (χ0v) is 12.0. The number of hydrogen-bond donors (Lipinski definition) is 0. The Kier molecular flexibility index (Phi) is 3.22. The highest BCUT2D eigenvalue weighted by atomic mass is 35.5. The van der Waals surface area contributed by atoms with Gasteiger partial charge in [0.1, 0.15) is 11.6 Å². The van der Waals surface area contributed by atoms with Gasteiger partial charge in [0.05, 0.1) is 16.4 Å². The Morgan fingerprint density at radius 1 is 1.20 bits per heavy atom. The second-order valence-corrected chi connectivity index (χ2v) is 5.55. The van der Waals surface area contributed by atoms with Crippen molar-refractivity contribution in [1.82, 2.24) is 9.55 Å². The molecule has 0 saturated carbocycles. The van der Waals surface area contributed by atoms with Crippen molar-refractivity contribution < 1.29 is 4.39 Å². The number of fused-ring (bicyclic) bond motifs is 1. The summed E-state index contributed by atoms with van der Waals surface area (Å²) in [6.07, 6.45) is 0. The van der Waals surface area contributed by atoms with Gasteiger partial charge in [-0.05, 0) is 43.7 Å². The minimum absolute atomic E-state index is 0.258. The lowest BCUT2D eigenvalue weighted by molar-refractivity contribution is 0.629. The number of aryl methyl sites for hydroxylation is 1. The van der Waals surface area contributed by atoms with Gasteiger partial charge < -0.3 is 0 Å². The largest absolute Gasteiger partial charge is 0.295 e. The fraction of sp³-hybridized carbons (Fsp3) is 0.188. The molecule has 0 aliphatic carbocycles. The summed E-state index contributed by atoms with van der Waals surface area (Å²) in [5.41, 5.74) is 3.56. The molecule has 1 heterocycles. The van der Waals surface area contributed by atoms with E-state index in [1.165, 1.54) is 12.1 Å². The van der Waals surface area contributed by atoms with Crippen molar-refractivity contribution in [2.45, 2.75) is 19.2 Å². The maximum Gasteiger partial charge on any atom is 0.132 e. The predicted octanol–water partition coefficient (Wildman–Crippen LogP) is 4.77. The lowest BCUT2D eigenvalue weighted by Crippen LogP contribution is -2.02.